The average molecular weight is 259 g/mol. The fourth-order valence-electron chi connectivity index (χ4n) is 1.74. The first kappa shape index (κ1) is 13.3. The topological polar surface area (TPSA) is 58.5 Å². The van der Waals surface area contributed by atoms with Crippen molar-refractivity contribution in [2.75, 3.05) is 19.1 Å². The van der Waals surface area contributed by atoms with Crippen LogP contribution in [0.2, 0.25) is 0 Å². The highest BCUT2D eigenvalue weighted by molar-refractivity contribution is 5.37. The first-order valence-corrected chi connectivity index (χ1v) is 5.99. The molecule has 2 aromatic rings. The number of benzene rings is 1. The molecule has 0 atom stereocenters. The standard InChI is InChI=1S/C14H17N3O2/c1-17(14-8-15-7-12(10-18)16-14)9-11-3-5-13(19-2)6-4-11/h3-8,18H,9-10H2,1-2H3. The van der Waals surface area contributed by atoms with E-state index in [-0.39, 0.29) is 6.61 Å². The summed E-state index contributed by atoms with van der Waals surface area (Å²) in [6.45, 7) is 0.616. The van der Waals surface area contributed by atoms with E-state index < -0.39 is 0 Å². The van der Waals surface area contributed by atoms with E-state index in [0.29, 0.717) is 12.2 Å². The lowest BCUT2D eigenvalue weighted by atomic mass is 10.2. The first-order valence-electron chi connectivity index (χ1n) is 5.99. The summed E-state index contributed by atoms with van der Waals surface area (Å²) in [6.07, 6.45) is 3.24. The Morgan fingerprint density at radius 3 is 2.58 bits per heavy atom. The van der Waals surface area contributed by atoms with Gasteiger partial charge in [0, 0.05) is 13.6 Å². The molecule has 5 heteroatoms. The van der Waals surface area contributed by atoms with Crippen LogP contribution in [0.3, 0.4) is 0 Å². The van der Waals surface area contributed by atoms with Crippen molar-refractivity contribution in [3.05, 3.63) is 47.9 Å². The lowest BCUT2D eigenvalue weighted by Crippen LogP contribution is -2.18. The summed E-state index contributed by atoms with van der Waals surface area (Å²) >= 11 is 0. The van der Waals surface area contributed by atoms with E-state index >= 15 is 0 Å². The van der Waals surface area contributed by atoms with Crippen LogP contribution in [0.15, 0.2) is 36.7 Å². The molecule has 0 saturated carbocycles. The van der Waals surface area contributed by atoms with Crippen molar-refractivity contribution < 1.29 is 9.84 Å². The lowest BCUT2D eigenvalue weighted by molar-refractivity contribution is 0.276. The van der Waals surface area contributed by atoms with Crippen LogP contribution in [0, 0.1) is 0 Å². The van der Waals surface area contributed by atoms with Crippen LogP contribution in [0.4, 0.5) is 5.82 Å². The number of aliphatic hydroxyl groups excluding tert-OH is 1. The molecule has 0 aliphatic heterocycles. The van der Waals surface area contributed by atoms with Gasteiger partial charge in [-0.3, -0.25) is 4.98 Å². The Morgan fingerprint density at radius 2 is 1.95 bits per heavy atom. The van der Waals surface area contributed by atoms with E-state index in [1.807, 2.05) is 36.2 Å². The summed E-state index contributed by atoms with van der Waals surface area (Å²) in [5, 5.41) is 9.06. The predicted octanol–water partition coefficient (Wildman–Crippen LogP) is 1.61. The number of nitrogens with zero attached hydrogens (tertiary/aromatic N) is 3. The number of hydrogen-bond donors (Lipinski definition) is 1. The minimum Gasteiger partial charge on any atom is -0.497 e. The number of ether oxygens (including phenoxy) is 1. The normalized spacial score (nSPS) is 10.3. The van der Waals surface area contributed by atoms with Gasteiger partial charge in [0.15, 0.2) is 0 Å². The van der Waals surface area contributed by atoms with Gasteiger partial charge in [-0.2, -0.15) is 0 Å². The van der Waals surface area contributed by atoms with Crippen molar-refractivity contribution in [2.45, 2.75) is 13.2 Å². The SMILES string of the molecule is COc1ccc(CN(C)c2cncc(CO)n2)cc1. The lowest BCUT2D eigenvalue weighted by Gasteiger charge is -2.18. The highest BCUT2D eigenvalue weighted by atomic mass is 16.5. The second-order valence-electron chi connectivity index (χ2n) is 4.23. The van der Waals surface area contributed by atoms with E-state index in [1.54, 1.807) is 19.5 Å². The minimum absolute atomic E-state index is 0.1000. The molecule has 2 rings (SSSR count). The molecule has 0 aliphatic carbocycles. The zero-order valence-electron chi connectivity index (χ0n) is 11.1. The number of anilines is 1. The van der Waals surface area contributed by atoms with E-state index in [2.05, 4.69) is 9.97 Å². The molecule has 19 heavy (non-hydrogen) atoms. The molecule has 0 fully saturated rings. The number of methoxy groups -OCH3 is 1. The molecule has 0 bridgehead atoms. The maximum absolute atomic E-state index is 9.06. The number of rotatable bonds is 5. The van der Waals surface area contributed by atoms with Crippen LogP contribution >= 0.6 is 0 Å². The maximum atomic E-state index is 9.06. The molecule has 1 aromatic carbocycles. The van der Waals surface area contributed by atoms with Gasteiger partial charge in [-0.05, 0) is 17.7 Å². The van der Waals surface area contributed by atoms with Crippen LogP contribution in [-0.2, 0) is 13.2 Å². The fourth-order valence-corrected chi connectivity index (χ4v) is 1.74. The Labute approximate surface area is 112 Å². The summed E-state index contributed by atoms with van der Waals surface area (Å²) in [4.78, 5) is 10.4. The van der Waals surface area contributed by atoms with Gasteiger partial charge in [-0.15, -0.1) is 0 Å². The molecule has 100 valence electrons. The molecule has 0 unspecified atom stereocenters. The third kappa shape index (κ3) is 3.42. The van der Waals surface area contributed by atoms with Gasteiger partial charge < -0.3 is 14.7 Å². The molecular weight excluding hydrogens is 242 g/mol. The van der Waals surface area contributed by atoms with Gasteiger partial charge in [0.1, 0.15) is 11.6 Å². The second kappa shape index (κ2) is 6.15. The third-order valence-electron chi connectivity index (χ3n) is 2.80. The van der Waals surface area contributed by atoms with E-state index in [4.69, 9.17) is 9.84 Å². The van der Waals surface area contributed by atoms with E-state index in [1.165, 1.54) is 0 Å². The van der Waals surface area contributed by atoms with Gasteiger partial charge in [-0.25, -0.2) is 4.98 Å². The fraction of sp³-hybridized carbons (Fsp3) is 0.286. The summed E-state index contributed by atoms with van der Waals surface area (Å²) in [6, 6.07) is 7.88. The van der Waals surface area contributed by atoms with Crippen molar-refractivity contribution in [3.63, 3.8) is 0 Å². The van der Waals surface area contributed by atoms with E-state index in [0.717, 1.165) is 17.1 Å². The molecule has 0 spiro atoms. The molecule has 0 aliphatic rings. The second-order valence-corrected chi connectivity index (χ2v) is 4.23. The van der Waals surface area contributed by atoms with Gasteiger partial charge in [0.05, 0.1) is 31.8 Å². The van der Waals surface area contributed by atoms with Gasteiger partial charge in [-0.1, -0.05) is 12.1 Å². The largest absolute Gasteiger partial charge is 0.497 e. The highest BCUT2D eigenvalue weighted by Crippen LogP contribution is 2.15. The Bertz CT molecular complexity index is 528. The number of hydrogen-bond acceptors (Lipinski definition) is 5. The predicted molar refractivity (Wildman–Crippen MR) is 73.1 cm³/mol. The quantitative estimate of drug-likeness (QED) is 0.884. The van der Waals surface area contributed by atoms with Crippen molar-refractivity contribution in [2.24, 2.45) is 0 Å². The highest BCUT2D eigenvalue weighted by Gasteiger charge is 2.05. The summed E-state index contributed by atoms with van der Waals surface area (Å²) < 4.78 is 5.13. The average Bonchev–Trinajstić information content (AvgIpc) is 2.48. The van der Waals surface area contributed by atoms with Gasteiger partial charge >= 0.3 is 0 Å². The minimum atomic E-state index is -0.1000. The summed E-state index contributed by atoms with van der Waals surface area (Å²) in [5.41, 5.74) is 1.72. The zero-order valence-corrected chi connectivity index (χ0v) is 11.1. The van der Waals surface area contributed by atoms with Crippen molar-refractivity contribution in [3.8, 4) is 5.75 Å². The van der Waals surface area contributed by atoms with Crippen molar-refractivity contribution in [1.29, 1.82) is 0 Å². The molecule has 5 nitrogen and oxygen atoms in total. The molecule has 0 saturated heterocycles. The Hall–Kier alpha value is -2.14. The summed E-state index contributed by atoms with van der Waals surface area (Å²) in [7, 11) is 3.59. The first-order chi connectivity index (χ1) is 9.22. The number of aliphatic hydroxyl groups is 1. The number of aromatic nitrogens is 2. The molecule has 0 radical (unpaired) electrons. The van der Waals surface area contributed by atoms with E-state index in [9.17, 15) is 0 Å². The zero-order chi connectivity index (χ0) is 13.7. The van der Waals surface area contributed by atoms with Crippen molar-refractivity contribution in [1.82, 2.24) is 9.97 Å². The molecular formula is C14H17N3O2. The Kier molecular flexibility index (Phi) is 4.30. The van der Waals surface area contributed by atoms with Crippen LogP contribution < -0.4 is 9.64 Å². The van der Waals surface area contributed by atoms with Gasteiger partial charge in [0.2, 0.25) is 0 Å². The molecule has 0 amide bonds. The van der Waals surface area contributed by atoms with Crippen LogP contribution in [-0.4, -0.2) is 29.2 Å². The third-order valence-corrected chi connectivity index (χ3v) is 2.80. The molecule has 1 aromatic heterocycles. The van der Waals surface area contributed by atoms with Gasteiger partial charge in [0.25, 0.3) is 0 Å². The van der Waals surface area contributed by atoms with Crippen molar-refractivity contribution >= 4 is 5.82 Å². The smallest absolute Gasteiger partial charge is 0.147 e. The monoisotopic (exact) mass is 259 g/mol. The molecule has 1 N–H and O–H groups in total. The van der Waals surface area contributed by atoms with Crippen LogP contribution in [0.5, 0.6) is 5.75 Å². The maximum Gasteiger partial charge on any atom is 0.147 e. The Balaban J connectivity index is 2.08. The Morgan fingerprint density at radius 1 is 1.21 bits per heavy atom. The summed E-state index contributed by atoms with van der Waals surface area (Å²) in [5.74, 6) is 1.58. The van der Waals surface area contributed by atoms with Crippen LogP contribution in [0.25, 0.3) is 0 Å². The molecule has 1 heterocycles. The van der Waals surface area contributed by atoms with Crippen LogP contribution in [0.1, 0.15) is 11.3 Å².